The van der Waals surface area contributed by atoms with Crippen molar-refractivity contribution in [1.29, 1.82) is 0 Å². The molecule has 2 heteroatoms. The van der Waals surface area contributed by atoms with Crippen LogP contribution in [-0.4, -0.2) is 4.57 Å². The van der Waals surface area contributed by atoms with Gasteiger partial charge in [0.2, 0.25) is 0 Å². The van der Waals surface area contributed by atoms with Gasteiger partial charge >= 0.3 is 0 Å². The zero-order chi connectivity index (χ0) is 13.4. The van der Waals surface area contributed by atoms with Crippen molar-refractivity contribution in [3.8, 4) is 11.1 Å². The maximum absolute atomic E-state index is 11.6. The van der Waals surface area contributed by atoms with E-state index in [-0.39, 0.29) is 5.56 Å². The highest BCUT2D eigenvalue weighted by Gasteiger charge is 2.02. The molecule has 0 aliphatic heterocycles. The van der Waals surface area contributed by atoms with E-state index in [1.807, 2.05) is 12.1 Å². The zero-order valence-electron chi connectivity index (χ0n) is 11.1. The quantitative estimate of drug-likeness (QED) is 0.647. The monoisotopic (exact) mass is 249 g/mol. The Hall–Kier alpha value is -2.35. The first-order valence-electron chi connectivity index (χ1n) is 6.32. The number of nitrogens with zero attached hydrogens (tertiary/aromatic N) is 1. The predicted octanol–water partition coefficient (Wildman–Crippen LogP) is 3.51. The van der Waals surface area contributed by atoms with Gasteiger partial charge in [0.05, 0.1) is 5.52 Å². The summed E-state index contributed by atoms with van der Waals surface area (Å²) in [6.07, 6.45) is 0. The third kappa shape index (κ3) is 2.06. The lowest BCUT2D eigenvalue weighted by atomic mass is 10.0. The Kier molecular flexibility index (Phi) is 2.71. The first kappa shape index (κ1) is 11.7. The first-order valence-corrected chi connectivity index (χ1v) is 6.32. The standard InChI is InChI=1S/C17H15NO/c1-12-3-5-13(6-4-12)14-7-9-16-15(11-14)8-10-17(19)18(16)2/h3-11H,1-2H3. The Bertz CT molecular complexity index is 798. The van der Waals surface area contributed by atoms with Gasteiger partial charge in [-0.25, -0.2) is 0 Å². The molecule has 0 saturated carbocycles. The summed E-state index contributed by atoms with van der Waals surface area (Å²) in [6, 6.07) is 18.2. The summed E-state index contributed by atoms with van der Waals surface area (Å²) in [7, 11) is 1.80. The molecule has 2 nitrogen and oxygen atoms in total. The Morgan fingerprint density at radius 1 is 0.842 bits per heavy atom. The summed E-state index contributed by atoms with van der Waals surface area (Å²) in [6.45, 7) is 2.08. The third-order valence-corrected chi connectivity index (χ3v) is 3.51. The second kappa shape index (κ2) is 4.39. The summed E-state index contributed by atoms with van der Waals surface area (Å²) in [5, 5.41) is 1.08. The van der Waals surface area contributed by atoms with E-state index >= 15 is 0 Å². The van der Waals surface area contributed by atoms with Crippen LogP contribution in [0.1, 0.15) is 5.56 Å². The van der Waals surface area contributed by atoms with Crippen molar-refractivity contribution in [1.82, 2.24) is 4.57 Å². The van der Waals surface area contributed by atoms with E-state index < -0.39 is 0 Å². The van der Waals surface area contributed by atoms with Crippen molar-refractivity contribution in [2.24, 2.45) is 7.05 Å². The number of hydrogen-bond donors (Lipinski definition) is 0. The molecule has 0 bridgehead atoms. The Morgan fingerprint density at radius 3 is 2.26 bits per heavy atom. The van der Waals surface area contributed by atoms with Gasteiger partial charge in [0.15, 0.2) is 0 Å². The average Bonchev–Trinajstić information content (AvgIpc) is 2.43. The van der Waals surface area contributed by atoms with Gasteiger partial charge in [0.25, 0.3) is 5.56 Å². The Labute approximate surface area is 111 Å². The first-order chi connectivity index (χ1) is 9.15. The number of aryl methyl sites for hydroxylation is 2. The van der Waals surface area contributed by atoms with Gasteiger partial charge in [-0.05, 0) is 41.6 Å². The van der Waals surface area contributed by atoms with Crippen LogP contribution in [0.15, 0.2) is 59.4 Å². The fourth-order valence-corrected chi connectivity index (χ4v) is 2.31. The van der Waals surface area contributed by atoms with E-state index in [2.05, 4.69) is 43.3 Å². The molecule has 1 aromatic heterocycles. The normalized spacial score (nSPS) is 10.8. The van der Waals surface area contributed by atoms with Crippen LogP contribution < -0.4 is 5.56 Å². The fourth-order valence-electron chi connectivity index (χ4n) is 2.31. The summed E-state index contributed by atoms with van der Waals surface area (Å²) < 4.78 is 1.67. The lowest BCUT2D eigenvalue weighted by Gasteiger charge is -2.07. The molecule has 0 aliphatic carbocycles. The fraction of sp³-hybridized carbons (Fsp3) is 0.118. The van der Waals surface area contributed by atoms with Gasteiger partial charge in [0, 0.05) is 13.1 Å². The molecular formula is C17H15NO. The average molecular weight is 249 g/mol. The molecule has 0 unspecified atom stereocenters. The van der Waals surface area contributed by atoms with Crippen LogP contribution in [-0.2, 0) is 7.05 Å². The molecule has 3 aromatic rings. The summed E-state index contributed by atoms with van der Waals surface area (Å²) in [4.78, 5) is 11.6. The molecule has 19 heavy (non-hydrogen) atoms. The smallest absolute Gasteiger partial charge is 0.250 e. The lowest BCUT2D eigenvalue weighted by Crippen LogP contribution is -2.14. The second-order valence-corrected chi connectivity index (χ2v) is 4.87. The number of aromatic nitrogens is 1. The van der Waals surface area contributed by atoms with Crippen LogP contribution in [0.5, 0.6) is 0 Å². The molecule has 0 aliphatic rings. The molecular weight excluding hydrogens is 234 g/mol. The van der Waals surface area contributed by atoms with Gasteiger partial charge in [-0.15, -0.1) is 0 Å². The summed E-state index contributed by atoms with van der Waals surface area (Å²) >= 11 is 0. The van der Waals surface area contributed by atoms with Crippen LogP contribution in [0.25, 0.3) is 22.0 Å². The molecule has 0 radical (unpaired) electrons. The van der Waals surface area contributed by atoms with E-state index in [1.165, 1.54) is 16.7 Å². The van der Waals surface area contributed by atoms with E-state index in [0.717, 1.165) is 10.9 Å². The molecule has 94 valence electrons. The summed E-state index contributed by atoms with van der Waals surface area (Å²) in [5.74, 6) is 0. The largest absolute Gasteiger partial charge is 0.311 e. The van der Waals surface area contributed by atoms with Crippen molar-refractivity contribution in [3.05, 3.63) is 70.5 Å². The third-order valence-electron chi connectivity index (χ3n) is 3.51. The number of fused-ring (bicyclic) bond motifs is 1. The topological polar surface area (TPSA) is 22.0 Å². The zero-order valence-corrected chi connectivity index (χ0v) is 11.1. The molecule has 0 amide bonds. The van der Waals surface area contributed by atoms with Crippen LogP contribution in [0.4, 0.5) is 0 Å². The van der Waals surface area contributed by atoms with Gasteiger partial charge in [-0.1, -0.05) is 35.9 Å². The van der Waals surface area contributed by atoms with Crippen molar-refractivity contribution >= 4 is 10.9 Å². The van der Waals surface area contributed by atoms with Crippen LogP contribution >= 0.6 is 0 Å². The van der Waals surface area contributed by atoms with Crippen molar-refractivity contribution in [3.63, 3.8) is 0 Å². The minimum absolute atomic E-state index is 0.0237. The second-order valence-electron chi connectivity index (χ2n) is 4.87. The van der Waals surface area contributed by atoms with Crippen molar-refractivity contribution < 1.29 is 0 Å². The molecule has 3 rings (SSSR count). The van der Waals surface area contributed by atoms with Gasteiger partial charge < -0.3 is 4.57 Å². The molecule has 1 heterocycles. The van der Waals surface area contributed by atoms with Gasteiger partial charge in [0.1, 0.15) is 0 Å². The van der Waals surface area contributed by atoms with Crippen molar-refractivity contribution in [2.45, 2.75) is 6.92 Å². The van der Waals surface area contributed by atoms with Gasteiger partial charge in [-0.2, -0.15) is 0 Å². The van der Waals surface area contributed by atoms with E-state index in [0.29, 0.717) is 0 Å². The molecule has 0 fully saturated rings. The molecule has 0 N–H and O–H groups in total. The van der Waals surface area contributed by atoms with E-state index in [1.54, 1.807) is 17.7 Å². The maximum atomic E-state index is 11.6. The molecule has 2 aromatic carbocycles. The highest BCUT2D eigenvalue weighted by molar-refractivity contribution is 5.84. The minimum atomic E-state index is 0.0237. The van der Waals surface area contributed by atoms with E-state index in [4.69, 9.17) is 0 Å². The number of rotatable bonds is 1. The number of benzene rings is 2. The van der Waals surface area contributed by atoms with Crippen LogP contribution in [0.2, 0.25) is 0 Å². The minimum Gasteiger partial charge on any atom is -0.311 e. The van der Waals surface area contributed by atoms with Crippen LogP contribution in [0.3, 0.4) is 0 Å². The lowest BCUT2D eigenvalue weighted by molar-refractivity contribution is 0.906. The molecule has 0 atom stereocenters. The van der Waals surface area contributed by atoms with Crippen molar-refractivity contribution in [2.75, 3.05) is 0 Å². The number of pyridine rings is 1. The highest BCUT2D eigenvalue weighted by Crippen LogP contribution is 2.23. The maximum Gasteiger partial charge on any atom is 0.250 e. The Balaban J connectivity index is 2.20. The summed E-state index contributed by atoms with van der Waals surface area (Å²) in [5.41, 5.74) is 4.61. The number of hydrogen-bond acceptors (Lipinski definition) is 1. The Morgan fingerprint density at radius 2 is 1.53 bits per heavy atom. The van der Waals surface area contributed by atoms with Crippen LogP contribution in [0, 0.1) is 6.92 Å². The van der Waals surface area contributed by atoms with E-state index in [9.17, 15) is 4.79 Å². The highest BCUT2D eigenvalue weighted by atomic mass is 16.1. The SMILES string of the molecule is Cc1ccc(-c2ccc3c(ccc(=O)n3C)c2)cc1. The predicted molar refractivity (Wildman–Crippen MR) is 79.4 cm³/mol. The molecule has 0 saturated heterocycles. The molecule has 0 spiro atoms. The van der Waals surface area contributed by atoms with Gasteiger partial charge in [-0.3, -0.25) is 4.79 Å².